The number of sulfonamides is 1. The molecule has 18 heavy (non-hydrogen) atoms. The summed E-state index contributed by atoms with van der Waals surface area (Å²) >= 11 is 0. The summed E-state index contributed by atoms with van der Waals surface area (Å²) in [5.74, 6) is 0. The quantitative estimate of drug-likeness (QED) is 0.715. The van der Waals surface area contributed by atoms with E-state index in [1.807, 2.05) is 0 Å². The summed E-state index contributed by atoms with van der Waals surface area (Å²) in [7, 11) is -3.15. The molecule has 0 bridgehead atoms. The lowest BCUT2D eigenvalue weighted by molar-refractivity contribution is 0.184. The second-order valence-electron chi connectivity index (χ2n) is 5.21. The predicted octanol–water partition coefficient (Wildman–Crippen LogP) is 1.04. The summed E-state index contributed by atoms with van der Waals surface area (Å²) in [4.78, 5) is 10.5. The molecule has 0 heterocycles. The van der Waals surface area contributed by atoms with E-state index in [0.29, 0.717) is 25.7 Å². The Morgan fingerprint density at radius 2 is 1.56 bits per heavy atom. The zero-order valence-corrected chi connectivity index (χ0v) is 11.1. The van der Waals surface area contributed by atoms with Crippen LogP contribution in [0.4, 0.5) is 4.79 Å². The molecule has 0 spiro atoms. The van der Waals surface area contributed by atoms with Gasteiger partial charge in [0.2, 0.25) is 10.0 Å². The molecule has 2 aliphatic carbocycles. The SMILES string of the molecule is O=C(O)N[C@H]1CC[C@H](NS(=O)(=O)C2CCC2)CC1. The predicted molar refractivity (Wildman–Crippen MR) is 66.9 cm³/mol. The van der Waals surface area contributed by atoms with Crippen LogP contribution in [0.1, 0.15) is 44.9 Å². The number of hydrogen-bond donors (Lipinski definition) is 3. The minimum Gasteiger partial charge on any atom is -0.465 e. The summed E-state index contributed by atoms with van der Waals surface area (Å²) in [5, 5.41) is 10.9. The Bertz CT molecular complexity index is 397. The molecule has 6 nitrogen and oxygen atoms in total. The van der Waals surface area contributed by atoms with Gasteiger partial charge in [-0.1, -0.05) is 6.42 Å². The van der Waals surface area contributed by atoms with Crippen LogP contribution in [-0.2, 0) is 10.0 Å². The molecule has 2 aliphatic rings. The van der Waals surface area contributed by atoms with Crippen molar-refractivity contribution in [3.63, 3.8) is 0 Å². The number of rotatable bonds is 4. The van der Waals surface area contributed by atoms with Crippen molar-refractivity contribution in [2.75, 3.05) is 0 Å². The van der Waals surface area contributed by atoms with Gasteiger partial charge in [-0.15, -0.1) is 0 Å². The lowest BCUT2D eigenvalue weighted by Gasteiger charge is -2.32. The van der Waals surface area contributed by atoms with Crippen molar-refractivity contribution < 1.29 is 18.3 Å². The molecule has 0 radical (unpaired) electrons. The molecular formula is C11H20N2O4S. The first kappa shape index (κ1) is 13.6. The first-order chi connectivity index (χ1) is 8.47. The Morgan fingerprint density at radius 3 is 2.00 bits per heavy atom. The van der Waals surface area contributed by atoms with Crippen molar-refractivity contribution in [2.45, 2.75) is 62.3 Å². The topological polar surface area (TPSA) is 95.5 Å². The van der Waals surface area contributed by atoms with Crippen LogP contribution in [-0.4, -0.2) is 37.0 Å². The van der Waals surface area contributed by atoms with E-state index in [9.17, 15) is 13.2 Å². The van der Waals surface area contributed by atoms with E-state index in [4.69, 9.17) is 5.11 Å². The molecular weight excluding hydrogens is 256 g/mol. The molecule has 2 rings (SSSR count). The molecule has 0 aliphatic heterocycles. The Balaban J connectivity index is 1.78. The zero-order chi connectivity index (χ0) is 13.2. The van der Waals surface area contributed by atoms with Gasteiger partial charge in [-0.3, -0.25) is 0 Å². The van der Waals surface area contributed by atoms with Gasteiger partial charge in [0, 0.05) is 12.1 Å². The molecule has 0 saturated heterocycles. The first-order valence-electron chi connectivity index (χ1n) is 6.48. The fraction of sp³-hybridized carbons (Fsp3) is 0.909. The van der Waals surface area contributed by atoms with Gasteiger partial charge in [-0.25, -0.2) is 17.9 Å². The fourth-order valence-corrected chi connectivity index (χ4v) is 4.39. The third-order valence-corrected chi connectivity index (χ3v) is 5.89. The number of carboxylic acid groups (broad SMARTS) is 1. The molecule has 7 heteroatoms. The summed E-state index contributed by atoms with van der Waals surface area (Å²) in [6, 6.07) is -0.0607. The maximum absolute atomic E-state index is 11.9. The van der Waals surface area contributed by atoms with Crippen LogP contribution in [0.5, 0.6) is 0 Å². The highest BCUT2D eigenvalue weighted by Gasteiger charge is 2.34. The van der Waals surface area contributed by atoms with Gasteiger partial charge < -0.3 is 10.4 Å². The highest BCUT2D eigenvalue weighted by molar-refractivity contribution is 7.90. The van der Waals surface area contributed by atoms with Crippen molar-refractivity contribution in [1.82, 2.24) is 10.0 Å². The Hall–Kier alpha value is -0.820. The smallest absolute Gasteiger partial charge is 0.404 e. The average Bonchev–Trinajstić information content (AvgIpc) is 2.16. The van der Waals surface area contributed by atoms with Crippen LogP contribution >= 0.6 is 0 Å². The molecule has 0 aromatic rings. The van der Waals surface area contributed by atoms with Crippen molar-refractivity contribution >= 4 is 16.1 Å². The summed E-state index contributed by atoms with van der Waals surface area (Å²) in [5.41, 5.74) is 0. The summed E-state index contributed by atoms with van der Waals surface area (Å²) in [6.07, 6.45) is 4.34. The molecule has 0 unspecified atom stereocenters. The standard InChI is InChI=1S/C11H20N2O4S/c14-11(15)12-8-4-6-9(7-5-8)13-18(16,17)10-2-1-3-10/h8-10,12-13H,1-7H2,(H,14,15)/t8-,9-. The van der Waals surface area contributed by atoms with Gasteiger partial charge in [0.05, 0.1) is 5.25 Å². The molecule has 1 amide bonds. The molecule has 0 aromatic carbocycles. The van der Waals surface area contributed by atoms with Crippen LogP contribution in [0.2, 0.25) is 0 Å². The van der Waals surface area contributed by atoms with Crippen LogP contribution in [0.3, 0.4) is 0 Å². The molecule has 2 fully saturated rings. The van der Waals surface area contributed by atoms with Crippen molar-refractivity contribution in [3.8, 4) is 0 Å². The lowest BCUT2D eigenvalue weighted by atomic mass is 9.92. The van der Waals surface area contributed by atoms with Crippen molar-refractivity contribution in [1.29, 1.82) is 0 Å². The summed E-state index contributed by atoms with van der Waals surface area (Å²) in [6.45, 7) is 0. The van der Waals surface area contributed by atoms with Crippen molar-refractivity contribution in [2.24, 2.45) is 0 Å². The third-order valence-electron chi connectivity index (χ3n) is 3.88. The van der Waals surface area contributed by atoms with Crippen LogP contribution < -0.4 is 10.0 Å². The van der Waals surface area contributed by atoms with Gasteiger partial charge in [0.1, 0.15) is 0 Å². The van der Waals surface area contributed by atoms with E-state index in [0.717, 1.165) is 19.3 Å². The van der Waals surface area contributed by atoms with Gasteiger partial charge in [0.25, 0.3) is 0 Å². The Labute approximate surface area is 107 Å². The number of hydrogen-bond acceptors (Lipinski definition) is 3. The third kappa shape index (κ3) is 3.35. The monoisotopic (exact) mass is 276 g/mol. The Kier molecular flexibility index (Phi) is 4.11. The first-order valence-corrected chi connectivity index (χ1v) is 8.02. The lowest BCUT2D eigenvalue weighted by Crippen LogP contribution is -2.47. The minimum atomic E-state index is -3.15. The van der Waals surface area contributed by atoms with E-state index in [1.165, 1.54) is 0 Å². The van der Waals surface area contributed by atoms with E-state index in [1.54, 1.807) is 0 Å². The Morgan fingerprint density at radius 1 is 1.00 bits per heavy atom. The maximum Gasteiger partial charge on any atom is 0.404 e. The van der Waals surface area contributed by atoms with Crippen LogP contribution in [0, 0.1) is 0 Å². The van der Waals surface area contributed by atoms with Crippen LogP contribution in [0.15, 0.2) is 0 Å². The number of carbonyl (C=O) groups is 1. The molecule has 0 aromatic heterocycles. The number of amides is 1. The van der Waals surface area contributed by atoms with Gasteiger partial charge in [-0.2, -0.15) is 0 Å². The molecule has 2 saturated carbocycles. The largest absolute Gasteiger partial charge is 0.465 e. The normalized spacial score (nSPS) is 29.6. The second kappa shape index (κ2) is 5.44. The van der Waals surface area contributed by atoms with E-state index >= 15 is 0 Å². The van der Waals surface area contributed by atoms with Gasteiger partial charge >= 0.3 is 6.09 Å². The van der Waals surface area contributed by atoms with Crippen LogP contribution in [0.25, 0.3) is 0 Å². The zero-order valence-electron chi connectivity index (χ0n) is 10.3. The minimum absolute atomic E-state index is 0.0255. The van der Waals surface area contributed by atoms with E-state index in [2.05, 4.69) is 10.0 Å². The highest BCUT2D eigenvalue weighted by Crippen LogP contribution is 2.27. The molecule has 0 atom stereocenters. The average molecular weight is 276 g/mol. The fourth-order valence-electron chi connectivity index (χ4n) is 2.54. The van der Waals surface area contributed by atoms with E-state index in [-0.39, 0.29) is 17.3 Å². The second-order valence-corrected chi connectivity index (χ2v) is 7.21. The van der Waals surface area contributed by atoms with E-state index < -0.39 is 16.1 Å². The summed E-state index contributed by atoms with van der Waals surface area (Å²) < 4.78 is 26.6. The number of nitrogens with one attached hydrogen (secondary N) is 2. The van der Waals surface area contributed by atoms with Gasteiger partial charge in [-0.05, 0) is 38.5 Å². The van der Waals surface area contributed by atoms with Crippen molar-refractivity contribution in [3.05, 3.63) is 0 Å². The molecule has 3 N–H and O–H groups in total. The molecule has 104 valence electrons. The highest BCUT2D eigenvalue weighted by atomic mass is 32.2. The maximum atomic E-state index is 11.9. The van der Waals surface area contributed by atoms with Gasteiger partial charge in [0.15, 0.2) is 0 Å².